The van der Waals surface area contributed by atoms with Gasteiger partial charge < -0.3 is 14.2 Å². The van der Waals surface area contributed by atoms with Gasteiger partial charge in [0, 0.05) is 18.2 Å². The molecule has 1 aromatic rings. The van der Waals surface area contributed by atoms with Crippen LogP contribution in [0.3, 0.4) is 0 Å². The standard InChI is InChI=1S/C12H17NO4/c1-14-10-4-3-9(12(5-10)15-2)6-13-17-8-11-7-16-11/h3-5,11,13H,6-8H2,1-2H3/t11-/m0/s1. The van der Waals surface area contributed by atoms with E-state index in [0.29, 0.717) is 13.2 Å². The Labute approximate surface area is 101 Å². The largest absolute Gasteiger partial charge is 0.497 e. The Hall–Kier alpha value is -1.30. The van der Waals surface area contributed by atoms with Crippen LogP contribution in [-0.2, 0) is 16.1 Å². The van der Waals surface area contributed by atoms with Crippen LogP contribution in [0.4, 0.5) is 0 Å². The molecule has 1 N–H and O–H groups in total. The molecule has 0 aliphatic carbocycles. The third-order valence-corrected chi connectivity index (χ3v) is 2.53. The molecule has 0 amide bonds. The van der Waals surface area contributed by atoms with E-state index in [0.717, 1.165) is 23.7 Å². The number of benzene rings is 1. The lowest BCUT2D eigenvalue weighted by Crippen LogP contribution is -2.17. The SMILES string of the molecule is COc1ccc(CNOC[C@@H]2CO2)c(OC)c1. The molecule has 0 saturated carbocycles. The van der Waals surface area contributed by atoms with E-state index in [1.165, 1.54) is 0 Å². The van der Waals surface area contributed by atoms with E-state index in [-0.39, 0.29) is 6.10 Å². The normalized spacial score (nSPS) is 17.9. The summed E-state index contributed by atoms with van der Waals surface area (Å²) in [5.41, 5.74) is 3.90. The van der Waals surface area contributed by atoms with Crippen molar-refractivity contribution in [2.45, 2.75) is 12.6 Å². The Balaban J connectivity index is 1.84. The summed E-state index contributed by atoms with van der Waals surface area (Å²) < 4.78 is 15.4. The smallest absolute Gasteiger partial charge is 0.127 e. The minimum absolute atomic E-state index is 0.264. The molecule has 1 aliphatic heterocycles. The fraction of sp³-hybridized carbons (Fsp3) is 0.500. The topological polar surface area (TPSA) is 52.2 Å². The van der Waals surface area contributed by atoms with Crippen molar-refractivity contribution in [2.24, 2.45) is 0 Å². The number of nitrogens with one attached hydrogen (secondary N) is 1. The van der Waals surface area contributed by atoms with Crippen molar-refractivity contribution in [2.75, 3.05) is 27.4 Å². The lowest BCUT2D eigenvalue weighted by Gasteiger charge is -2.11. The van der Waals surface area contributed by atoms with E-state index in [1.54, 1.807) is 14.2 Å². The number of hydroxylamine groups is 1. The second-order valence-electron chi connectivity index (χ2n) is 3.77. The first-order valence-corrected chi connectivity index (χ1v) is 5.50. The van der Waals surface area contributed by atoms with E-state index in [2.05, 4.69) is 5.48 Å². The average Bonchev–Trinajstić information content (AvgIpc) is 3.18. The summed E-state index contributed by atoms with van der Waals surface area (Å²) in [6, 6.07) is 5.69. The Kier molecular flexibility index (Phi) is 4.19. The fourth-order valence-electron chi connectivity index (χ4n) is 1.44. The Bertz CT molecular complexity index is 366. The zero-order chi connectivity index (χ0) is 12.1. The molecule has 1 saturated heterocycles. The third-order valence-electron chi connectivity index (χ3n) is 2.53. The summed E-state index contributed by atoms with van der Waals surface area (Å²) in [4.78, 5) is 5.26. The molecular weight excluding hydrogens is 222 g/mol. The zero-order valence-electron chi connectivity index (χ0n) is 10.1. The average molecular weight is 239 g/mol. The molecule has 0 aromatic heterocycles. The van der Waals surface area contributed by atoms with Gasteiger partial charge >= 0.3 is 0 Å². The summed E-state index contributed by atoms with van der Waals surface area (Å²) in [5.74, 6) is 1.56. The van der Waals surface area contributed by atoms with Crippen molar-refractivity contribution >= 4 is 0 Å². The van der Waals surface area contributed by atoms with Crippen LogP contribution in [0.2, 0.25) is 0 Å². The molecule has 1 aliphatic rings. The van der Waals surface area contributed by atoms with Crippen LogP contribution in [0.1, 0.15) is 5.56 Å². The Morgan fingerprint density at radius 2 is 2.18 bits per heavy atom. The number of epoxide rings is 1. The lowest BCUT2D eigenvalue weighted by atomic mass is 10.2. The van der Waals surface area contributed by atoms with Gasteiger partial charge in [-0.25, -0.2) is 0 Å². The van der Waals surface area contributed by atoms with Crippen LogP contribution in [0.5, 0.6) is 11.5 Å². The monoisotopic (exact) mass is 239 g/mol. The van der Waals surface area contributed by atoms with Gasteiger partial charge in [-0.1, -0.05) is 6.07 Å². The lowest BCUT2D eigenvalue weighted by molar-refractivity contribution is 0.0262. The molecule has 0 bridgehead atoms. The molecule has 0 spiro atoms. The van der Waals surface area contributed by atoms with Crippen LogP contribution in [0.15, 0.2) is 18.2 Å². The van der Waals surface area contributed by atoms with Gasteiger partial charge in [-0.05, 0) is 6.07 Å². The second kappa shape index (κ2) is 5.86. The number of hydrogen-bond donors (Lipinski definition) is 1. The van der Waals surface area contributed by atoms with E-state index >= 15 is 0 Å². The third kappa shape index (κ3) is 3.59. The minimum atomic E-state index is 0.264. The van der Waals surface area contributed by atoms with Crippen LogP contribution in [0, 0.1) is 0 Å². The Morgan fingerprint density at radius 1 is 1.35 bits per heavy atom. The second-order valence-corrected chi connectivity index (χ2v) is 3.77. The number of rotatable bonds is 7. The molecule has 5 heteroatoms. The van der Waals surface area contributed by atoms with Crippen LogP contribution >= 0.6 is 0 Å². The molecule has 1 aromatic carbocycles. The van der Waals surface area contributed by atoms with Crippen LogP contribution in [0.25, 0.3) is 0 Å². The first-order valence-electron chi connectivity index (χ1n) is 5.50. The van der Waals surface area contributed by atoms with E-state index < -0.39 is 0 Å². The summed E-state index contributed by atoms with van der Waals surface area (Å²) in [5, 5.41) is 0. The highest BCUT2D eigenvalue weighted by Crippen LogP contribution is 2.24. The highest BCUT2D eigenvalue weighted by molar-refractivity contribution is 5.40. The maximum atomic E-state index is 5.28. The Morgan fingerprint density at radius 3 is 2.82 bits per heavy atom. The summed E-state index contributed by atoms with van der Waals surface area (Å²) >= 11 is 0. The van der Waals surface area contributed by atoms with Crippen molar-refractivity contribution in [3.8, 4) is 11.5 Å². The molecule has 1 heterocycles. The highest BCUT2D eigenvalue weighted by Gasteiger charge is 2.22. The van der Waals surface area contributed by atoms with Gasteiger partial charge in [-0.2, -0.15) is 5.48 Å². The van der Waals surface area contributed by atoms with Crippen molar-refractivity contribution in [3.63, 3.8) is 0 Å². The summed E-state index contributed by atoms with van der Waals surface area (Å²) in [6.45, 7) is 1.96. The molecule has 1 atom stereocenters. The van der Waals surface area contributed by atoms with Gasteiger partial charge in [0.2, 0.25) is 0 Å². The molecule has 2 rings (SSSR count). The van der Waals surface area contributed by atoms with Crippen LogP contribution in [-0.4, -0.2) is 33.5 Å². The zero-order valence-corrected chi connectivity index (χ0v) is 10.1. The van der Waals surface area contributed by atoms with Crippen LogP contribution < -0.4 is 15.0 Å². The quantitative estimate of drug-likeness (QED) is 0.439. The number of hydrogen-bond acceptors (Lipinski definition) is 5. The van der Waals surface area contributed by atoms with E-state index in [9.17, 15) is 0 Å². The molecule has 17 heavy (non-hydrogen) atoms. The van der Waals surface area contributed by atoms with Crippen molar-refractivity contribution in [3.05, 3.63) is 23.8 Å². The molecule has 0 unspecified atom stereocenters. The number of methoxy groups -OCH3 is 2. The maximum absolute atomic E-state index is 5.28. The maximum Gasteiger partial charge on any atom is 0.127 e. The summed E-state index contributed by atoms with van der Waals surface area (Å²) in [6.07, 6.45) is 0.264. The summed E-state index contributed by atoms with van der Waals surface area (Å²) in [7, 11) is 3.27. The molecule has 1 fully saturated rings. The van der Waals surface area contributed by atoms with Gasteiger partial charge in [0.15, 0.2) is 0 Å². The van der Waals surface area contributed by atoms with Crippen molar-refractivity contribution in [1.82, 2.24) is 5.48 Å². The van der Waals surface area contributed by atoms with Crippen molar-refractivity contribution in [1.29, 1.82) is 0 Å². The number of ether oxygens (including phenoxy) is 3. The van der Waals surface area contributed by atoms with E-state index in [1.807, 2.05) is 18.2 Å². The fourth-order valence-corrected chi connectivity index (χ4v) is 1.44. The highest BCUT2D eigenvalue weighted by atomic mass is 16.7. The predicted molar refractivity (Wildman–Crippen MR) is 62.1 cm³/mol. The molecule has 5 nitrogen and oxygen atoms in total. The molecule has 94 valence electrons. The van der Waals surface area contributed by atoms with Gasteiger partial charge in [-0.15, -0.1) is 0 Å². The molecular formula is C12H17NO4. The first-order chi connectivity index (χ1) is 8.33. The minimum Gasteiger partial charge on any atom is -0.497 e. The van der Waals surface area contributed by atoms with Gasteiger partial charge in [-0.3, -0.25) is 4.84 Å². The van der Waals surface area contributed by atoms with Gasteiger partial charge in [0.25, 0.3) is 0 Å². The molecule has 0 radical (unpaired) electrons. The van der Waals surface area contributed by atoms with Gasteiger partial charge in [0.1, 0.15) is 17.6 Å². The predicted octanol–water partition coefficient (Wildman–Crippen LogP) is 1.12. The van der Waals surface area contributed by atoms with Gasteiger partial charge in [0.05, 0.1) is 27.4 Å². The van der Waals surface area contributed by atoms with E-state index in [4.69, 9.17) is 19.0 Å². The first kappa shape index (κ1) is 12.2. The van der Waals surface area contributed by atoms with Crippen molar-refractivity contribution < 1.29 is 19.0 Å².